The first-order valence-electron chi connectivity index (χ1n) is 5.77. The number of ether oxygens (including phenoxy) is 1. The molecular formula is C14H15N3O. The molecule has 0 bridgehead atoms. The minimum Gasteiger partial charge on any atom is -0.455 e. The zero-order valence-corrected chi connectivity index (χ0v) is 10.2. The van der Waals surface area contributed by atoms with Gasteiger partial charge in [0.15, 0.2) is 5.75 Å². The third-order valence-electron chi connectivity index (χ3n) is 2.56. The average Bonchev–Trinajstić information content (AvgIpc) is 2.39. The highest BCUT2D eigenvalue weighted by atomic mass is 16.5. The SMILES string of the molecule is CCc1cccc(Oc2cccnc2C(=N)N)c1. The van der Waals surface area contributed by atoms with Crippen LogP contribution in [0.2, 0.25) is 0 Å². The van der Waals surface area contributed by atoms with Gasteiger partial charge in [-0.15, -0.1) is 0 Å². The van der Waals surface area contributed by atoms with Crippen LogP contribution in [0.3, 0.4) is 0 Å². The number of nitrogen functional groups attached to an aromatic ring is 1. The summed E-state index contributed by atoms with van der Waals surface area (Å²) in [7, 11) is 0. The maximum absolute atomic E-state index is 7.46. The summed E-state index contributed by atoms with van der Waals surface area (Å²) in [5.41, 5.74) is 7.02. The lowest BCUT2D eigenvalue weighted by Crippen LogP contribution is -2.14. The Balaban J connectivity index is 2.31. The molecule has 0 fully saturated rings. The van der Waals surface area contributed by atoms with Crippen LogP contribution in [0, 0.1) is 5.41 Å². The second-order valence-corrected chi connectivity index (χ2v) is 3.87. The number of rotatable bonds is 4. The molecule has 0 radical (unpaired) electrons. The third kappa shape index (κ3) is 2.66. The maximum atomic E-state index is 7.46. The van der Waals surface area contributed by atoms with Gasteiger partial charge in [0.2, 0.25) is 0 Å². The molecule has 0 aliphatic rings. The number of aromatic nitrogens is 1. The Morgan fingerprint density at radius 3 is 2.89 bits per heavy atom. The van der Waals surface area contributed by atoms with E-state index < -0.39 is 0 Å². The molecule has 0 atom stereocenters. The van der Waals surface area contributed by atoms with Crippen LogP contribution < -0.4 is 10.5 Å². The normalized spacial score (nSPS) is 10.1. The predicted molar refractivity (Wildman–Crippen MR) is 71.1 cm³/mol. The predicted octanol–water partition coefficient (Wildman–Crippen LogP) is 2.72. The Morgan fingerprint density at radius 1 is 1.33 bits per heavy atom. The van der Waals surface area contributed by atoms with E-state index in [2.05, 4.69) is 11.9 Å². The molecule has 4 nitrogen and oxygen atoms in total. The highest BCUT2D eigenvalue weighted by Gasteiger charge is 2.08. The lowest BCUT2D eigenvalue weighted by atomic mass is 10.2. The number of aryl methyl sites for hydroxylation is 1. The lowest BCUT2D eigenvalue weighted by Gasteiger charge is -2.09. The number of hydrogen-bond donors (Lipinski definition) is 2. The van der Waals surface area contributed by atoms with E-state index in [1.54, 1.807) is 18.3 Å². The van der Waals surface area contributed by atoms with E-state index in [1.165, 1.54) is 5.56 Å². The number of pyridine rings is 1. The first-order chi connectivity index (χ1) is 8.70. The summed E-state index contributed by atoms with van der Waals surface area (Å²) in [6, 6.07) is 11.3. The van der Waals surface area contributed by atoms with Gasteiger partial charge in [-0.3, -0.25) is 5.41 Å². The summed E-state index contributed by atoms with van der Waals surface area (Å²) < 4.78 is 5.73. The van der Waals surface area contributed by atoms with Crippen molar-refractivity contribution >= 4 is 5.84 Å². The number of amidine groups is 1. The molecule has 4 heteroatoms. The van der Waals surface area contributed by atoms with Gasteiger partial charge >= 0.3 is 0 Å². The van der Waals surface area contributed by atoms with Crippen LogP contribution in [0.4, 0.5) is 0 Å². The van der Waals surface area contributed by atoms with Crippen LogP contribution >= 0.6 is 0 Å². The standard InChI is InChI=1S/C14H15N3O/c1-2-10-5-3-6-11(9-10)18-12-7-4-8-17-13(12)14(15)16/h3-9H,2H2,1H3,(H3,15,16). The molecule has 0 unspecified atom stereocenters. The molecule has 0 spiro atoms. The van der Waals surface area contributed by atoms with Crippen molar-refractivity contribution in [3.8, 4) is 11.5 Å². The molecule has 18 heavy (non-hydrogen) atoms. The zero-order valence-electron chi connectivity index (χ0n) is 10.2. The van der Waals surface area contributed by atoms with Crippen molar-refractivity contribution in [2.24, 2.45) is 5.73 Å². The molecular weight excluding hydrogens is 226 g/mol. The Hall–Kier alpha value is -2.36. The highest BCUT2D eigenvalue weighted by Crippen LogP contribution is 2.24. The number of benzene rings is 1. The molecule has 92 valence electrons. The molecule has 0 saturated heterocycles. The van der Waals surface area contributed by atoms with Crippen molar-refractivity contribution in [1.82, 2.24) is 4.98 Å². The molecule has 0 amide bonds. The van der Waals surface area contributed by atoms with Crippen LogP contribution in [-0.2, 0) is 6.42 Å². The quantitative estimate of drug-likeness (QED) is 0.638. The molecule has 0 saturated carbocycles. The van der Waals surface area contributed by atoms with Crippen LogP contribution in [0.1, 0.15) is 18.2 Å². The fraction of sp³-hybridized carbons (Fsp3) is 0.143. The lowest BCUT2D eigenvalue weighted by molar-refractivity contribution is 0.478. The van der Waals surface area contributed by atoms with Crippen molar-refractivity contribution in [2.75, 3.05) is 0 Å². The first-order valence-corrected chi connectivity index (χ1v) is 5.77. The van der Waals surface area contributed by atoms with E-state index in [-0.39, 0.29) is 5.84 Å². The molecule has 0 aliphatic heterocycles. The maximum Gasteiger partial charge on any atom is 0.156 e. The Kier molecular flexibility index (Phi) is 3.57. The van der Waals surface area contributed by atoms with E-state index in [9.17, 15) is 0 Å². The second kappa shape index (κ2) is 5.31. The molecule has 2 aromatic rings. The van der Waals surface area contributed by atoms with Gasteiger partial charge < -0.3 is 10.5 Å². The summed E-state index contributed by atoms with van der Waals surface area (Å²) in [4.78, 5) is 4.04. The van der Waals surface area contributed by atoms with Crippen LogP contribution in [0.25, 0.3) is 0 Å². The summed E-state index contributed by atoms with van der Waals surface area (Å²) in [6.07, 6.45) is 2.54. The van der Waals surface area contributed by atoms with Crippen molar-refractivity contribution in [2.45, 2.75) is 13.3 Å². The van der Waals surface area contributed by atoms with Gasteiger partial charge in [-0.25, -0.2) is 4.98 Å². The highest BCUT2D eigenvalue weighted by molar-refractivity contribution is 5.95. The van der Waals surface area contributed by atoms with Crippen molar-refractivity contribution in [3.63, 3.8) is 0 Å². The van der Waals surface area contributed by atoms with Crippen molar-refractivity contribution in [3.05, 3.63) is 53.9 Å². The summed E-state index contributed by atoms with van der Waals surface area (Å²) >= 11 is 0. The third-order valence-corrected chi connectivity index (χ3v) is 2.56. The van der Waals surface area contributed by atoms with Crippen molar-refractivity contribution in [1.29, 1.82) is 5.41 Å². The Bertz CT molecular complexity index is 566. The number of hydrogen-bond acceptors (Lipinski definition) is 3. The Morgan fingerprint density at radius 2 is 2.17 bits per heavy atom. The van der Waals surface area contributed by atoms with E-state index in [1.807, 2.05) is 24.3 Å². The van der Waals surface area contributed by atoms with E-state index >= 15 is 0 Å². The zero-order chi connectivity index (χ0) is 13.0. The minimum absolute atomic E-state index is 0.0998. The summed E-state index contributed by atoms with van der Waals surface area (Å²) in [5, 5.41) is 7.46. The largest absolute Gasteiger partial charge is 0.455 e. The smallest absolute Gasteiger partial charge is 0.156 e. The number of nitrogens with zero attached hydrogens (tertiary/aromatic N) is 1. The molecule has 0 aliphatic carbocycles. The van der Waals surface area contributed by atoms with Crippen LogP contribution in [0.15, 0.2) is 42.6 Å². The van der Waals surface area contributed by atoms with E-state index in [0.29, 0.717) is 11.4 Å². The monoisotopic (exact) mass is 241 g/mol. The van der Waals surface area contributed by atoms with Gasteiger partial charge in [0.1, 0.15) is 17.3 Å². The molecule has 2 rings (SSSR count). The van der Waals surface area contributed by atoms with E-state index in [0.717, 1.165) is 12.2 Å². The number of nitrogens with one attached hydrogen (secondary N) is 1. The van der Waals surface area contributed by atoms with E-state index in [4.69, 9.17) is 15.9 Å². The fourth-order valence-corrected chi connectivity index (χ4v) is 1.63. The topological polar surface area (TPSA) is 72.0 Å². The summed E-state index contributed by atoms with van der Waals surface area (Å²) in [6.45, 7) is 2.09. The number of nitrogens with two attached hydrogens (primary N) is 1. The van der Waals surface area contributed by atoms with Gasteiger partial charge in [0, 0.05) is 6.20 Å². The summed E-state index contributed by atoms with van der Waals surface area (Å²) in [5.74, 6) is 1.13. The second-order valence-electron chi connectivity index (χ2n) is 3.87. The molecule has 1 heterocycles. The molecule has 3 N–H and O–H groups in total. The van der Waals surface area contributed by atoms with Crippen molar-refractivity contribution < 1.29 is 4.74 Å². The molecule has 1 aromatic heterocycles. The van der Waals surface area contributed by atoms with Crippen LogP contribution in [-0.4, -0.2) is 10.8 Å². The first kappa shape index (κ1) is 12.1. The average molecular weight is 241 g/mol. The minimum atomic E-state index is -0.0998. The van der Waals surface area contributed by atoms with Crippen LogP contribution in [0.5, 0.6) is 11.5 Å². The van der Waals surface area contributed by atoms with Gasteiger partial charge in [-0.2, -0.15) is 0 Å². The molecule has 1 aromatic carbocycles. The Labute approximate surface area is 106 Å². The van der Waals surface area contributed by atoms with Gasteiger partial charge in [-0.1, -0.05) is 19.1 Å². The van der Waals surface area contributed by atoms with Gasteiger partial charge in [0.05, 0.1) is 0 Å². The fourth-order valence-electron chi connectivity index (χ4n) is 1.63. The van der Waals surface area contributed by atoms with Gasteiger partial charge in [-0.05, 0) is 36.2 Å². The van der Waals surface area contributed by atoms with Gasteiger partial charge in [0.25, 0.3) is 0 Å².